The molecule has 1 aliphatic carbocycles. The number of aromatic nitrogens is 3. The SMILES string of the molecule is O=C(O)c1ccc(NC(=O)[C@H](CC2CCC2)n2cc(C(F)(F)F)ncc2=O)nc1. The van der Waals surface area contributed by atoms with E-state index in [4.69, 9.17) is 5.11 Å². The number of pyridine rings is 1. The van der Waals surface area contributed by atoms with Gasteiger partial charge in [-0.15, -0.1) is 0 Å². The van der Waals surface area contributed by atoms with Gasteiger partial charge in [-0.25, -0.2) is 14.8 Å². The number of rotatable bonds is 6. The first kappa shape index (κ1) is 20.5. The predicted octanol–water partition coefficient (Wildman–Crippen LogP) is 2.73. The molecule has 2 heterocycles. The lowest BCUT2D eigenvalue weighted by atomic mass is 9.80. The Morgan fingerprint density at radius 1 is 1.24 bits per heavy atom. The Morgan fingerprint density at radius 3 is 2.48 bits per heavy atom. The molecule has 0 aliphatic heterocycles. The average molecular weight is 410 g/mol. The molecule has 1 aliphatic rings. The lowest BCUT2D eigenvalue weighted by molar-refractivity contribution is -0.142. The van der Waals surface area contributed by atoms with Crippen molar-refractivity contribution in [2.24, 2.45) is 5.92 Å². The van der Waals surface area contributed by atoms with Gasteiger partial charge >= 0.3 is 12.1 Å². The molecule has 11 heteroatoms. The molecular weight excluding hydrogens is 393 g/mol. The molecule has 2 N–H and O–H groups in total. The molecule has 1 amide bonds. The van der Waals surface area contributed by atoms with Crippen molar-refractivity contribution in [3.63, 3.8) is 0 Å². The number of hydrogen-bond acceptors (Lipinski definition) is 5. The van der Waals surface area contributed by atoms with Gasteiger partial charge in [-0.1, -0.05) is 19.3 Å². The number of alkyl halides is 3. The van der Waals surface area contributed by atoms with Crippen LogP contribution in [0.25, 0.3) is 0 Å². The van der Waals surface area contributed by atoms with Gasteiger partial charge in [0.2, 0.25) is 5.91 Å². The average Bonchev–Trinajstić information content (AvgIpc) is 2.61. The zero-order chi connectivity index (χ0) is 21.2. The van der Waals surface area contributed by atoms with Crippen LogP contribution < -0.4 is 10.9 Å². The first-order valence-electron chi connectivity index (χ1n) is 8.80. The van der Waals surface area contributed by atoms with E-state index in [0.717, 1.165) is 30.0 Å². The summed E-state index contributed by atoms with van der Waals surface area (Å²) in [6, 6.07) is 1.31. The van der Waals surface area contributed by atoms with Crippen molar-refractivity contribution in [2.45, 2.75) is 37.9 Å². The maximum Gasteiger partial charge on any atom is 0.434 e. The van der Waals surface area contributed by atoms with Crippen molar-refractivity contribution in [2.75, 3.05) is 5.32 Å². The number of anilines is 1. The minimum absolute atomic E-state index is 0.0248. The summed E-state index contributed by atoms with van der Waals surface area (Å²) in [4.78, 5) is 42.8. The molecule has 1 fully saturated rings. The summed E-state index contributed by atoms with van der Waals surface area (Å²) < 4.78 is 39.8. The third kappa shape index (κ3) is 4.79. The summed E-state index contributed by atoms with van der Waals surface area (Å²) in [5.41, 5.74) is -2.19. The zero-order valence-corrected chi connectivity index (χ0v) is 15.0. The molecule has 0 spiro atoms. The fourth-order valence-electron chi connectivity index (χ4n) is 3.01. The Morgan fingerprint density at radius 2 is 1.97 bits per heavy atom. The van der Waals surface area contributed by atoms with Crippen molar-refractivity contribution in [3.8, 4) is 0 Å². The maximum atomic E-state index is 13.0. The number of nitrogens with one attached hydrogen (secondary N) is 1. The molecular formula is C18H17F3N4O4. The van der Waals surface area contributed by atoms with Gasteiger partial charge in [0.1, 0.15) is 11.9 Å². The Bertz CT molecular complexity index is 968. The summed E-state index contributed by atoms with van der Waals surface area (Å²) >= 11 is 0. The summed E-state index contributed by atoms with van der Waals surface area (Å²) in [7, 11) is 0. The van der Waals surface area contributed by atoms with Crippen LogP contribution in [0.3, 0.4) is 0 Å². The molecule has 0 bridgehead atoms. The largest absolute Gasteiger partial charge is 0.478 e. The van der Waals surface area contributed by atoms with Crippen LogP contribution >= 0.6 is 0 Å². The first-order valence-corrected chi connectivity index (χ1v) is 8.80. The smallest absolute Gasteiger partial charge is 0.434 e. The topological polar surface area (TPSA) is 114 Å². The van der Waals surface area contributed by atoms with Gasteiger partial charge in [-0.05, 0) is 24.5 Å². The van der Waals surface area contributed by atoms with E-state index < -0.39 is 35.3 Å². The van der Waals surface area contributed by atoms with E-state index in [9.17, 15) is 27.6 Å². The van der Waals surface area contributed by atoms with Gasteiger partial charge in [0.15, 0.2) is 5.69 Å². The monoisotopic (exact) mass is 410 g/mol. The van der Waals surface area contributed by atoms with Crippen LogP contribution in [0, 0.1) is 5.92 Å². The molecule has 0 saturated heterocycles. The number of carbonyl (C=O) groups excluding carboxylic acids is 1. The Labute approximate surface area is 162 Å². The van der Waals surface area contributed by atoms with E-state index in [1.165, 1.54) is 12.1 Å². The predicted molar refractivity (Wildman–Crippen MR) is 94.3 cm³/mol. The van der Waals surface area contributed by atoms with Crippen LogP contribution in [0.2, 0.25) is 0 Å². The highest BCUT2D eigenvalue weighted by molar-refractivity contribution is 5.93. The van der Waals surface area contributed by atoms with E-state index in [-0.39, 0.29) is 23.7 Å². The Kier molecular flexibility index (Phi) is 5.66. The highest BCUT2D eigenvalue weighted by atomic mass is 19.4. The molecule has 2 aromatic heterocycles. The van der Waals surface area contributed by atoms with Crippen molar-refractivity contribution < 1.29 is 27.9 Å². The minimum Gasteiger partial charge on any atom is -0.478 e. The number of aromatic carboxylic acids is 1. The van der Waals surface area contributed by atoms with Crippen LogP contribution in [0.5, 0.6) is 0 Å². The second-order valence-electron chi connectivity index (χ2n) is 6.79. The highest BCUT2D eigenvalue weighted by Crippen LogP contribution is 2.34. The van der Waals surface area contributed by atoms with Crippen molar-refractivity contribution in [1.29, 1.82) is 0 Å². The van der Waals surface area contributed by atoms with Gasteiger partial charge in [0.25, 0.3) is 5.56 Å². The second-order valence-corrected chi connectivity index (χ2v) is 6.79. The molecule has 2 aromatic rings. The van der Waals surface area contributed by atoms with E-state index in [2.05, 4.69) is 15.3 Å². The fourth-order valence-corrected chi connectivity index (χ4v) is 3.01. The van der Waals surface area contributed by atoms with Gasteiger partial charge in [0, 0.05) is 12.4 Å². The van der Waals surface area contributed by atoms with Crippen molar-refractivity contribution >= 4 is 17.7 Å². The second kappa shape index (κ2) is 8.02. The van der Waals surface area contributed by atoms with Crippen LogP contribution in [0.4, 0.5) is 19.0 Å². The summed E-state index contributed by atoms with van der Waals surface area (Å²) in [5.74, 6) is -1.77. The molecule has 1 saturated carbocycles. The summed E-state index contributed by atoms with van der Waals surface area (Å²) in [5, 5.41) is 11.3. The van der Waals surface area contributed by atoms with Crippen LogP contribution in [0.15, 0.2) is 35.5 Å². The minimum atomic E-state index is -4.76. The molecule has 8 nitrogen and oxygen atoms in total. The Balaban J connectivity index is 1.89. The molecule has 0 radical (unpaired) electrons. The number of carbonyl (C=O) groups is 2. The summed E-state index contributed by atoms with van der Waals surface area (Å²) in [6.07, 6.45) is 0.162. The van der Waals surface area contributed by atoms with Gasteiger partial charge < -0.3 is 10.4 Å². The van der Waals surface area contributed by atoms with E-state index in [1.54, 1.807) is 0 Å². The maximum absolute atomic E-state index is 13.0. The number of hydrogen-bond donors (Lipinski definition) is 2. The molecule has 3 rings (SSSR count). The lowest BCUT2D eigenvalue weighted by Gasteiger charge is -2.30. The molecule has 0 unspecified atom stereocenters. The number of halogens is 3. The normalized spacial score (nSPS) is 15.4. The quantitative estimate of drug-likeness (QED) is 0.757. The van der Waals surface area contributed by atoms with Crippen LogP contribution in [-0.2, 0) is 11.0 Å². The number of carboxylic acids is 1. The van der Waals surface area contributed by atoms with Gasteiger partial charge in [0.05, 0.1) is 11.8 Å². The fraction of sp³-hybridized carbons (Fsp3) is 0.389. The van der Waals surface area contributed by atoms with E-state index in [1.807, 2.05) is 0 Å². The van der Waals surface area contributed by atoms with Gasteiger partial charge in [-0.3, -0.25) is 14.2 Å². The molecule has 154 valence electrons. The number of amides is 1. The lowest BCUT2D eigenvalue weighted by Crippen LogP contribution is -2.36. The number of nitrogens with zero attached hydrogens (tertiary/aromatic N) is 3. The number of carboxylic acid groups (broad SMARTS) is 1. The van der Waals surface area contributed by atoms with E-state index >= 15 is 0 Å². The molecule has 0 aromatic carbocycles. The first-order chi connectivity index (χ1) is 13.6. The third-order valence-electron chi connectivity index (χ3n) is 4.80. The standard InChI is InChI=1S/C18H17F3N4O4/c19-18(20,21)13-9-25(15(26)8-22-13)12(6-10-2-1-3-10)16(27)24-14-5-4-11(7-23-14)17(28)29/h4-5,7-10,12H,1-3,6H2,(H,28,29)(H,23,24,27)/t12-/m0/s1. The molecule has 29 heavy (non-hydrogen) atoms. The Hall–Kier alpha value is -3.24. The van der Waals surface area contributed by atoms with Crippen molar-refractivity contribution in [1.82, 2.24) is 14.5 Å². The summed E-state index contributed by atoms with van der Waals surface area (Å²) in [6.45, 7) is 0. The van der Waals surface area contributed by atoms with Crippen LogP contribution in [-0.4, -0.2) is 31.5 Å². The molecule has 1 atom stereocenters. The van der Waals surface area contributed by atoms with Crippen LogP contribution in [0.1, 0.15) is 47.8 Å². The van der Waals surface area contributed by atoms with E-state index in [0.29, 0.717) is 12.4 Å². The van der Waals surface area contributed by atoms with Crippen molar-refractivity contribution in [3.05, 3.63) is 52.3 Å². The van der Waals surface area contributed by atoms with Gasteiger partial charge in [-0.2, -0.15) is 13.2 Å². The highest BCUT2D eigenvalue weighted by Gasteiger charge is 2.35. The third-order valence-corrected chi connectivity index (χ3v) is 4.80. The zero-order valence-electron chi connectivity index (χ0n) is 15.0.